The lowest BCUT2D eigenvalue weighted by Crippen LogP contribution is -2.12. The molecule has 0 aliphatic rings. The topological polar surface area (TPSA) is 46.9 Å². The van der Waals surface area contributed by atoms with Crippen LogP contribution in [0.5, 0.6) is 0 Å². The maximum atomic E-state index is 12.6. The quantitative estimate of drug-likeness (QED) is 0.658. The van der Waals surface area contributed by atoms with Gasteiger partial charge in [0.25, 0.3) is 5.91 Å². The SMILES string of the molecule is CC(C)n1cc(C(=O)Nc2ccc(Br)cn2)c2ccc(Cl)cc21. The highest BCUT2D eigenvalue weighted by molar-refractivity contribution is 9.10. The van der Waals surface area contributed by atoms with Crippen molar-refractivity contribution >= 4 is 50.2 Å². The van der Waals surface area contributed by atoms with E-state index in [1.807, 2.05) is 29.0 Å². The number of pyridine rings is 1. The van der Waals surface area contributed by atoms with Crippen molar-refractivity contribution in [2.24, 2.45) is 0 Å². The minimum absolute atomic E-state index is 0.188. The van der Waals surface area contributed by atoms with Crippen LogP contribution < -0.4 is 5.32 Å². The van der Waals surface area contributed by atoms with Crippen LogP contribution in [0.1, 0.15) is 30.2 Å². The van der Waals surface area contributed by atoms with Gasteiger partial charge in [-0.25, -0.2) is 4.98 Å². The molecule has 1 aromatic carbocycles. The molecule has 0 saturated carbocycles. The van der Waals surface area contributed by atoms with E-state index in [-0.39, 0.29) is 11.9 Å². The first-order chi connectivity index (χ1) is 11.0. The van der Waals surface area contributed by atoms with Crippen LogP contribution in [0.2, 0.25) is 5.02 Å². The number of fused-ring (bicyclic) bond motifs is 1. The molecule has 0 fully saturated rings. The summed E-state index contributed by atoms with van der Waals surface area (Å²) in [4.78, 5) is 16.8. The van der Waals surface area contributed by atoms with Crippen LogP contribution in [0, 0.1) is 0 Å². The molecular formula is C17H15BrClN3O. The van der Waals surface area contributed by atoms with E-state index < -0.39 is 0 Å². The number of carbonyl (C=O) groups excluding carboxylic acids is 1. The number of anilines is 1. The van der Waals surface area contributed by atoms with Crippen LogP contribution in [0.25, 0.3) is 10.9 Å². The first kappa shape index (κ1) is 16.0. The van der Waals surface area contributed by atoms with E-state index in [0.717, 1.165) is 15.4 Å². The lowest BCUT2D eigenvalue weighted by atomic mass is 10.1. The second-order valence-electron chi connectivity index (χ2n) is 5.52. The fourth-order valence-corrected chi connectivity index (χ4v) is 2.87. The Labute approximate surface area is 147 Å². The molecule has 0 saturated heterocycles. The molecule has 1 amide bonds. The minimum Gasteiger partial charge on any atom is -0.344 e. The van der Waals surface area contributed by atoms with Gasteiger partial charge in [-0.2, -0.15) is 0 Å². The molecule has 0 radical (unpaired) electrons. The Balaban J connectivity index is 2.01. The van der Waals surface area contributed by atoms with Crippen molar-refractivity contribution in [2.75, 3.05) is 5.32 Å². The summed E-state index contributed by atoms with van der Waals surface area (Å²) in [6.45, 7) is 4.14. The molecule has 6 heteroatoms. The van der Waals surface area contributed by atoms with E-state index >= 15 is 0 Å². The highest BCUT2D eigenvalue weighted by Gasteiger charge is 2.17. The number of aromatic nitrogens is 2. The summed E-state index contributed by atoms with van der Waals surface area (Å²) in [5, 5.41) is 4.35. The average molecular weight is 393 g/mol. The fraction of sp³-hybridized carbons (Fsp3) is 0.176. The van der Waals surface area contributed by atoms with Gasteiger partial charge in [0.15, 0.2) is 0 Å². The molecular weight excluding hydrogens is 378 g/mol. The summed E-state index contributed by atoms with van der Waals surface area (Å²) in [5.74, 6) is 0.323. The van der Waals surface area contributed by atoms with Crippen molar-refractivity contribution in [1.82, 2.24) is 9.55 Å². The average Bonchev–Trinajstić information content (AvgIpc) is 2.88. The van der Waals surface area contributed by atoms with E-state index in [1.54, 1.807) is 18.3 Å². The third kappa shape index (κ3) is 3.26. The number of halogens is 2. The van der Waals surface area contributed by atoms with Crippen molar-refractivity contribution in [1.29, 1.82) is 0 Å². The summed E-state index contributed by atoms with van der Waals surface area (Å²) in [7, 11) is 0. The van der Waals surface area contributed by atoms with Crippen molar-refractivity contribution in [2.45, 2.75) is 19.9 Å². The van der Waals surface area contributed by atoms with Gasteiger partial charge in [-0.1, -0.05) is 17.7 Å². The number of carbonyl (C=O) groups is 1. The summed E-state index contributed by atoms with van der Waals surface area (Å²) in [5.41, 5.74) is 1.55. The standard InChI is InChI=1S/C17H15BrClN3O/c1-10(2)22-9-14(13-5-4-12(19)7-15(13)22)17(23)21-16-6-3-11(18)8-20-16/h3-10H,1-2H3,(H,20,21,23). The van der Waals surface area contributed by atoms with Crippen molar-refractivity contribution in [3.8, 4) is 0 Å². The minimum atomic E-state index is -0.188. The Morgan fingerprint density at radius 1 is 1.30 bits per heavy atom. The van der Waals surface area contributed by atoms with Gasteiger partial charge < -0.3 is 9.88 Å². The molecule has 2 heterocycles. The van der Waals surface area contributed by atoms with Crippen LogP contribution in [-0.4, -0.2) is 15.5 Å². The number of amides is 1. The molecule has 0 unspecified atom stereocenters. The smallest absolute Gasteiger partial charge is 0.258 e. The largest absolute Gasteiger partial charge is 0.344 e. The fourth-order valence-electron chi connectivity index (χ4n) is 2.47. The first-order valence-electron chi connectivity index (χ1n) is 7.18. The predicted octanol–water partition coefficient (Wildman–Crippen LogP) is 5.29. The number of rotatable bonds is 3. The van der Waals surface area contributed by atoms with Gasteiger partial charge in [-0.05, 0) is 54.0 Å². The van der Waals surface area contributed by atoms with E-state index in [0.29, 0.717) is 16.4 Å². The number of benzene rings is 1. The lowest BCUT2D eigenvalue weighted by Gasteiger charge is -2.08. The molecule has 0 spiro atoms. The van der Waals surface area contributed by atoms with Crippen LogP contribution >= 0.6 is 27.5 Å². The first-order valence-corrected chi connectivity index (χ1v) is 8.36. The Morgan fingerprint density at radius 3 is 2.74 bits per heavy atom. The molecule has 23 heavy (non-hydrogen) atoms. The molecule has 0 atom stereocenters. The van der Waals surface area contributed by atoms with Crippen LogP contribution in [-0.2, 0) is 0 Å². The van der Waals surface area contributed by atoms with Gasteiger partial charge in [-0.15, -0.1) is 0 Å². The van der Waals surface area contributed by atoms with Crippen LogP contribution in [0.4, 0.5) is 5.82 Å². The molecule has 0 aliphatic heterocycles. The van der Waals surface area contributed by atoms with Crippen molar-refractivity contribution in [3.63, 3.8) is 0 Å². The summed E-state index contributed by atoms with van der Waals surface area (Å²) in [6.07, 6.45) is 3.51. The van der Waals surface area contributed by atoms with Gasteiger partial charge in [-0.3, -0.25) is 4.79 Å². The monoisotopic (exact) mass is 391 g/mol. The molecule has 118 valence electrons. The van der Waals surface area contributed by atoms with Gasteiger partial charge >= 0.3 is 0 Å². The molecule has 3 aromatic rings. The van der Waals surface area contributed by atoms with Gasteiger partial charge in [0.05, 0.1) is 11.1 Å². The zero-order chi connectivity index (χ0) is 16.6. The predicted molar refractivity (Wildman–Crippen MR) is 97.2 cm³/mol. The van der Waals surface area contributed by atoms with E-state index in [4.69, 9.17) is 11.6 Å². The summed E-state index contributed by atoms with van der Waals surface area (Å²) >= 11 is 9.42. The van der Waals surface area contributed by atoms with Crippen molar-refractivity contribution < 1.29 is 4.79 Å². The van der Waals surface area contributed by atoms with Crippen molar-refractivity contribution in [3.05, 3.63) is 57.8 Å². The molecule has 4 nitrogen and oxygen atoms in total. The Kier molecular flexibility index (Phi) is 4.41. The number of nitrogens with zero attached hydrogens (tertiary/aromatic N) is 2. The van der Waals surface area contributed by atoms with E-state index in [9.17, 15) is 4.79 Å². The zero-order valence-electron chi connectivity index (χ0n) is 12.7. The molecule has 0 aliphatic carbocycles. The normalized spacial score (nSPS) is 11.2. The summed E-state index contributed by atoms with van der Waals surface area (Å²) < 4.78 is 2.91. The third-order valence-corrected chi connectivity index (χ3v) is 4.27. The van der Waals surface area contributed by atoms with E-state index in [2.05, 4.69) is 40.1 Å². The summed E-state index contributed by atoms with van der Waals surface area (Å²) in [6, 6.07) is 9.36. The van der Waals surface area contributed by atoms with Gasteiger partial charge in [0.2, 0.25) is 0 Å². The Hall–Kier alpha value is -1.85. The maximum absolute atomic E-state index is 12.6. The second-order valence-corrected chi connectivity index (χ2v) is 6.87. The van der Waals surface area contributed by atoms with Crippen LogP contribution in [0.3, 0.4) is 0 Å². The second kappa shape index (κ2) is 6.34. The molecule has 1 N–H and O–H groups in total. The molecule has 3 rings (SSSR count). The highest BCUT2D eigenvalue weighted by Crippen LogP contribution is 2.28. The lowest BCUT2D eigenvalue weighted by molar-refractivity contribution is 0.102. The third-order valence-electron chi connectivity index (χ3n) is 3.57. The highest BCUT2D eigenvalue weighted by atomic mass is 79.9. The van der Waals surface area contributed by atoms with Crippen LogP contribution in [0.15, 0.2) is 47.2 Å². The van der Waals surface area contributed by atoms with E-state index in [1.165, 1.54) is 0 Å². The molecule has 2 aromatic heterocycles. The van der Waals surface area contributed by atoms with Gasteiger partial charge in [0.1, 0.15) is 5.82 Å². The number of hydrogen-bond acceptors (Lipinski definition) is 2. The van der Waals surface area contributed by atoms with Gasteiger partial charge in [0, 0.05) is 33.3 Å². The number of hydrogen-bond donors (Lipinski definition) is 1. The Morgan fingerprint density at radius 2 is 2.09 bits per heavy atom. The molecule has 0 bridgehead atoms. The zero-order valence-corrected chi connectivity index (χ0v) is 15.0. The Bertz CT molecular complexity index is 871. The maximum Gasteiger partial charge on any atom is 0.258 e. The number of nitrogens with one attached hydrogen (secondary N) is 1.